The van der Waals surface area contributed by atoms with Gasteiger partial charge in [-0.2, -0.15) is 9.40 Å². The third-order valence-corrected chi connectivity index (χ3v) is 8.79. The molecular weight excluding hydrogens is 462 g/mol. The van der Waals surface area contributed by atoms with Crippen molar-refractivity contribution in [3.63, 3.8) is 0 Å². The van der Waals surface area contributed by atoms with E-state index >= 15 is 0 Å². The highest BCUT2D eigenvalue weighted by Crippen LogP contribution is 2.27. The number of piperazine rings is 1. The molecule has 33 heavy (non-hydrogen) atoms. The molecule has 1 aliphatic heterocycles. The molecule has 1 amide bonds. The van der Waals surface area contributed by atoms with Crippen molar-refractivity contribution >= 4 is 33.2 Å². The van der Waals surface area contributed by atoms with Gasteiger partial charge in [-0.25, -0.2) is 8.42 Å². The molecule has 2 fully saturated rings. The lowest BCUT2D eigenvalue weighted by atomic mass is 9.94. The van der Waals surface area contributed by atoms with E-state index in [1.165, 1.54) is 15.4 Å². The van der Waals surface area contributed by atoms with Crippen molar-refractivity contribution in [2.75, 3.05) is 38.1 Å². The number of benzene rings is 1. The number of halogens is 1. The maximum atomic E-state index is 13.6. The first-order chi connectivity index (χ1) is 15.8. The second kappa shape index (κ2) is 10.0. The van der Waals surface area contributed by atoms with Crippen LogP contribution >= 0.6 is 11.6 Å². The molecule has 0 spiro atoms. The van der Waals surface area contributed by atoms with Gasteiger partial charge in [-0.05, 0) is 38.0 Å². The summed E-state index contributed by atoms with van der Waals surface area (Å²) in [6.45, 7) is 4.09. The standard InChI is InChI=1S/C23H32ClN5O3S/c1-3-28-17-21(23(30)26(2)19-9-5-4-6-10-19)22(25-28)33(31,32)29-14-12-27(13-15-29)20-11-7-8-18(24)16-20/h7-8,11,16-17,19H,3-6,9-10,12-15H2,1-2H3. The number of aryl methyl sites for hydroxylation is 1. The second-order valence-electron chi connectivity index (χ2n) is 8.78. The molecule has 1 aliphatic carbocycles. The van der Waals surface area contributed by atoms with Crippen LogP contribution in [0.1, 0.15) is 49.4 Å². The summed E-state index contributed by atoms with van der Waals surface area (Å²) in [7, 11) is -2.12. The van der Waals surface area contributed by atoms with E-state index in [4.69, 9.17) is 11.6 Å². The van der Waals surface area contributed by atoms with Gasteiger partial charge < -0.3 is 9.80 Å². The van der Waals surface area contributed by atoms with Crippen LogP contribution in [0.3, 0.4) is 0 Å². The quantitative estimate of drug-likeness (QED) is 0.615. The van der Waals surface area contributed by atoms with Crippen molar-refractivity contribution < 1.29 is 13.2 Å². The Morgan fingerprint density at radius 1 is 1.15 bits per heavy atom. The van der Waals surface area contributed by atoms with E-state index in [2.05, 4.69) is 10.00 Å². The third kappa shape index (κ3) is 5.05. The number of rotatable bonds is 6. The topological polar surface area (TPSA) is 78.8 Å². The number of carbonyl (C=O) groups excluding carboxylic acids is 1. The van der Waals surface area contributed by atoms with Crippen LogP contribution in [0.2, 0.25) is 5.02 Å². The second-order valence-corrected chi connectivity index (χ2v) is 11.1. The van der Waals surface area contributed by atoms with E-state index in [0.29, 0.717) is 37.7 Å². The van der Waals surface area contributed by atoms with Crippen molar-refractivity contribution in [3.05, 3.63) is 41.0 Å². The lowest BCUT2D eigenvalue weighted by molar-refractivity contribution is 0.0692. The number of hydrogen-bond acceptors (Lipinski definition) is 5. The van der Waals surface area contributed by atoms with Gasteiger partial charge in [0, 0.05) is 62.7 Å². The fourth-order valence-electron chi connectivity index (χ4n) is 4.71. The van der Waals surface area contributed by atoms with E-state index in [-0.39, 0.29) is 22.5 Å². The Kier molecular flexibility index (Phi) is 7.31. The van der Waals surface area contributed by atoms with E-state index in [9.17, 15) is 13.2 Å². The Morgan fingerprint density at radius 2 is 1.85 bits per heavy atom. The highest BCUT2D eigenvalue weighted by atomic mass is 35.5. The lowest BCUT2D eigenvalue weighted by Crippen LogP contribution is -2.49. The molecule has 2 heterocycles. The summed E-state index contributed by atoms with van der Waals surface area (Å²) < 4.78 is 30.1. The van der Waals surface area contributed by atoms with Crippen molar-refractivity contribution in [2.45, 2.75) is 56.6 Å². The van der Waals surface area contributed by atoms with Crippen LogP contribution in [0, 0.1) is 0 Å². The summed E-state index contributed by atoms with van der Waals surface area (Å²) in [5.74, 6) is -0.266. The van der Waals surface area contributed by atoms with Crippen molar-refractivity contribution in [1.82, 2.24) is 19.0 Å². The highest BCUT2D eigenvalue weighted by Gasteiger charge is 2.36. The zero-order chi connectivity index (χ0) is 23.6. The lowest BCUT2D eigenvalue weighted by Gasteiger charge is -2.35. The number of amides is 1. The maximum absolute atomic E-state index is 13.6. The van der Waals surface area contributed by atoms with Gasteiger partial charge in [-0.1, -0.05) is 36.9 Å². The van der Waals surface area contributed by atoms with Gasteiger partial charge in [0.2, 0.25) is 5.03 Å². The van der Waals surface area contributed by atoms with Gasteiger partial charge in [0.25, 0.3) is 15.9 Å². The van der Waals surface area contributed by atoms with E-state index in [1.54, 1.807) is 18.1 Å². The molecule has 180 valence electrons. The summed E-state index contributed by atoms with van der Waals surface area (Å²) in [6, 6.07) is 7.70. The van der Waals surface area contributed by atoms with Crippen LogP contribution in [0.5, 0.6) is 0 Å². The molecular formula is C23H32ClN5O3S. The Balaban J connectivity index is 1.54. The van der Waals surface area contributed by atoms with Gasteiger partial charge in [-0.15, -0.1) is 0 Å². The van der Waals surface area contributed by atoms with Crippen molar-refractivity contribution in [1.29, 1.82) is 0 Å². The van der Waals surface area contributed by atoms with E-state index in [1.807, 2.05) is 31.2 Å². The van der Waals surface area contributed by atoms with Crippen LogP contribution in [0.4, 0.5) is 5.69 Å². The minimum atomic E-state index is -3.90. The number of nitrogens with zero attached hydrogens (tertiary/aromatic N) is 5. The van der Waals surface area contributed by atoms with Gasteiger partial charge in [-0.3, -0.25) is 9.48 Å². The summed E-state index contributed by atoms with van der Waals surface area (Å²) in [4.78, 5) is 17.2. The fourth-order valence-corrected chi connectivity index (χ4v) is 6.41. The summed E-state index contributed by atoms with van der Waals surface area (Å²) in [6.07, 6.45) is 6.87. The monoisotopic (exact) mass is 493 g/mol. The molecule has 1 aromatic heterocycles. The Labute approximate surface area is 201 Å². The molecule has 0 unspecified atom stereocenters. The first-order valence-corrected chi connectivity index (χ1v) is 13.5. The van der Waals surface area contributed by atoms with Crippen LogP contribution < -0.4 is 4.90 Å². The number of sulfonamides is 1. The number of aromatic nitrogens is 2. The van der Waals surface area contributed by atoms with Crippen LogP contribution in [0.15, 0.2) is 35.5 Å². The maximum Gasteiger partial charge on any atom is 0.263 e. The number of hydrogen-bond donors (Lipinski definition) is 0. The van der Waals surface area contributed by atoms with Crippen LogP contribution in [-0.2, 0) is 16.6 Å². The molecule has 1 saturated carbocycles. The SMILES string of the molecule is CCn1cc(C(=O)N(C)C2CCCCC2)c(S(=O)(=O)N2CCN(c3cccc(Cl)c3)CC2)n1. The minimum absolute atomic E-state index is 0.131. The molecule has 0 bridgehead atoms. The average molecular weight is 494 g/mol. The highest BCUT2D eigenvalue weighted by molar-refractivity contribution is 7.89. The molecule has 1 saturated heterocycles. The molecule has 2 aromatic rings. The molecule has 8 nitrogen and oxygen atoms in total. The first kappa shape index (κ1) is 24.0. The summed E-state index contributed by atoms with van der Waals surface area (Å²) in [5, 5.41) is 4.84. The van der Waals surface area contributed by atoms with Gasteiger partial charge in [0.15, 0.2) is 0 Å². The first-order valence-electron chi connectivity index (χ1n) is 11.7. The van der Waals surface area contributed by atoms with Crippen molar-refractivity contribution in [3.8, 4) is 0 Å². The van der Waals surface area contributed by atoms with Crippen LogP contribution in [0.25, 0.3) is 0 Å². The third-order valence-electron chi connectivity index (χ3n) is 6.72. The molecule has 10 heteroatoms. The average Bonchev–Trinajstić information content (AvgIpc) is 3.29. The molecule has 2 aliphatic rings. The molecule has 0 atom stereocenters. The molecule has 0 radical (unpaired) electrons. The van der Waals surface area contributed by atoms with Gasteiger partial charge in [0.05, 0.1) is 5.56 Å². The van der Waals surface area contributed by atoms with Crippen molar-refractivity contribution in [2.24, 2.45) is 0 Å². The largest absolute Gasteiger partial charge is 0.369 e. The summed E-state index contributed by atoms with van der Waals surface area (Å²) >= 11 is 6.11. The normalized spacial score (nSPS) is 18.5. The fraction of sp³-hybridized carbons (Fsp3) is 0.565. The smallest absolute Gasteiger partial charge is 0.263 e. The predicted molar refractivity (Wildman–Crippen MR) is 129 cm³/mol. The van der Waals surface area contributed by atoms with E-state index < -0.39 is 10.0 Å². The number of anilines is 1. The Bertz CT molecular complexity index is 1090. The van der Waals surface area contributed by atoms with Gasteiger partial charge >= 0.3 is 0 Å². The predicted octanol–water partition coefficient (Wildman–Crippen LogP) is 3.47. The van der Waals surface area contributed by atoms with Crippen LogP contribution in [-0.4, -0.2) is 72.6 Å². The Morgan fingerprint density at radius 3 is 2.48 bits per heavy atom. The minimum Gasteiger partial charge on any atom is -0.369 e. The zero-order valence-corrected chi connectivity index (χ0v) is 20.9. The zero-order valence-electron chi connectivity index (χ0n) is 19.3. The molecule has 4 rings (SSSR count). The van der Waals surface area contributed by atoms with E-state index in [0.717, 1.165) is 31.4 Å². The molecule has 1 aromatic carbocycles. The number of carbonyl (C=O) groups is 1. The Hall–Kier alpha value is -2.10. The van der Waals surface area contributed by atoms with Gasteiger partial charge in [0.1, 0.15) is 0 Å². The summed E-state index contributed by atoms with van der Waals surface area (Å²) in [5.41, 5.74) is 1.14. The molecule has 0 N–H and O–H groups in total.